The van der Waals surface area contributed by atoms with E-state index in [9.17, 15) is 9.59 Å². The van der Waals surface area contributed by atoms with Crippen molar-refractivity contribution in [3.8, 4) is 11.3 Å². The van der Waals surface area contributed by atoms with Crippen molar-refractivity contribution in [1.29, 1.82) is 0 Å². The van der Waals surface area contributed by atoms with Crippen molar-refractivity contribution >= 4 is 17.8 Å². The van der Waals surface area contributed by atoms with Gasteiger partial charge in [-0.25, -0.2) is 14.6 Å². The van der Waals surface area contributed by atoms with Gasteiger partial charge in [0.05, 0.1) is 23.7 Å². The van der Waals surface area contributed by atoms with Crippen molar-refractivity contribution in [2.75, 3.05) is 18.4 Å². The first-order valence-corrected chi connectivity index (χ1v) is 9.91. The molecule has 150 valence electrons. The lowest BCUT2D eigenvalue weighted by atomic mass is 9.84. The Hall–Kier alpha value is -3.74. The minimum absolute atomic E-state index is 0.232. The number of urea groups is 1. The quantitative estimate of drug-likeness (QED) is 0.661. The zero-order valence-electron chi connectivity index (χ0n) is 16.2. The maximum atomic E-state index is 12.7. The first kappa shape index (κ1) is 18.3. The number of carbonyl (C=O) groups is 2. The van der Waals surface area contributed by atoms with Gasteiger partial charge in [-0.05, 0) is 6.07 Å². The maximum absolute atomic E-state index is 12.7. The second-order valence-corrected chi connectivity index (χ2v) is 7.50. The van der Waals surface area contributed by atoms with E-state index in [4.69, 9.17) is 4.74 Å². The molecule has 1 N–H and O–H groups in total. The molecule has 0 atom stereocenters. The Labute approximate surface area is 173 Å². The van der Waals surface area contributed by atoms with Gasteiger partial charge in [-0.15, -0.1) is 0 Å². The number of fused-ring (bicyclic) bond motifs is 2. The van der Waals surface area contributed by atoms with Gasteiger partial charge in [-0.3, -0.25) is 10.3 Å². The van der Waals surface area contributed by atoms with Gasteiger partial charge in [0.1, 0.15) is 5.60 Å². The van der Waals surface area contributed by atoms with E-state index in [0.717, 1.165) is 16.8 Å². The number of piperidine rings is 1. The van der Waals surface area contributed by atoms with Gasteiger partial charge in [0.2, 0.25) is 0 Å². The normalized spacial score (nSPS) is 16.8. The van der Waals surface area contributed by atoms with Gasteiger partial charge >= 0.3 is 12.0 Å². The van der Waals surface area contributed by atoms with Gasteiger partial charge in [0.25, 0.3) is 0 Å². The first-order valence-electron chi connectivity index (χ1n) is 9.91. The summed E-state index contributed by atoms with van der Waals surface area (Å²) >= 11 is 0. The number of nitrogens with one attached hydrogen (secondary N) is 1. The highest BCUT2D eigenvalue weighted by Gasteiger charge is 2.47. The summed E-state index contributed by atoms with van der Waals surface area (Å²) in [6, 6.07) is 17.0. The molecule has 0 aliphatic carbocycles. The summed E-state index contributed by atoms with van der Waals surface area (Å²) in [5, 5.41) is 2.80. The molecule has 3 aromatic rings. The summed E-state index contributed by atoms with van der Waals surface area (Å²) < 4.78 is 5.74. The zero-order valence-corrected chi connectivity index (χ0v) is 16.2. The number of rotatable bonds is 2. The average molecular weight is 400 g/mol. The SMILES string of the molecule is O=C1OC2(CCN(C(=O)Nc3cnc(-c4ccccc4)cn3)CC2)c2ccccc21. The van der Waals surface area contributed by atoms with Gasteiger partial charge in [0, 0.05) is 37.1 Å². The highest BCUT2D eigenvalue weighted by Crippen LogP contribution is 2.43. The fraction of sp³-hybridized carbons (Fsp3) is 0.217. The molecule has 2 aliphatic heterocycles. The Morgan fingerprint density at radius 3 is 2.43 bits per heavy atom. The minimum Gasteiger partial charge on any atom is -0.450 e. The number of amides is 2. The van der Waals surface area contributed by atoms with E-state index in [1.165, 1.54) is 0 Å². The highest BCUT2D eigenvalue weighted by molar-refractivity contribution is 5.95. The zero-order chi connectivity index (χ0) is 20.6. The Bertz CT molecular complexity index is 1090. The second kappa shape index (κ2) is 7.26. The van der Waals surface area contributed by atoms with Gasteiger partial charge in [-0.2, -0.15) is 0 Å². The van der Waals surface area contributed by atoms with Crippen LogP contribution in [0.5, 0.6) is 0 Å². The molecule has 0 bridgehead atoms. The molecular formula is C23H20N4O3. The largest absolute Gasteiger partial charge is 0.450 e. The molecular weight excluding hydrogens is 380 g/mol. The molecule has 2 aliphatic rings. The molecule has 1 aromatic heterocycles. The molecule has 7 heteroatoms. The van der Waals surface area contributed by atoms with Crippen LogP contribution in [0.2, 0.25) is 0 Å². The molecule has 0 saturated carbocycles. The molecule has 0 radical (unpaired) electrons. The molecule has 7 nitrogen and oxygen atoms in total. The lowest BCUT2D eigenvalue weighted by Crippen LogP contribution is -2.46. The predicted octanol–water partition coefficient (Wildman–Crippen LogP) is 3.84. The number of carbonyl (C=O) groups excluding carboxylic acids is 2. The maximum Gasteiger partial charge on any atom is 0.339 e. The first-order chi connectivity index (χ1) is 14.6. The molecule has 0 unspecified atom stereocenters. The van der Waals surface area contributed by atoms with E-state index in [2.05, 4.69) is 15.3 Å². The summed E-state index contributed by atoms with van der Waals surface area (Å²) in [5.41, 5.74) is 2.65. The molecule has 3 heterocycles. The van der Waals surface area contributed by atoms with E-state index in [1.54, 1.807) is 23.4 Å². The number of hydrogen-bond donors (Lipinski definition) is 1. The van der Waals surface area contributed by atoms with Crippen molar-refractivity contribution in [1.82, 2.24) is 14.9 Å². The summed E-state index contributed by atoms with van der Waals surface area (Å²) in [6.45, 7) is 0.978. The van der Waals surface area contributed by atoms with Crippen LogP contribution in [0.4, 0.5) is 10.6 Å². The number of likely N-dealkylation sites (tertiary alicyclic amines) is 1. The van der Waals surface area contributed by atoms with E-state index in [-0.39, 0.29) is 12.0 Å². The van der Waals surface area contributed by atoms with Crippen LogP contribution in [0.3, 0.4) is 0 Å². The van der Waals surface area contributed by atoms with E-state index >= 15 is 0 Å². The Morgan fingerprint density at radius 2 is 1.70 bits per heavy atom. The van der Waals surface area contributed by atoms with Crippen LogP contribution >= 0.6 is 0 Å². The van der Waals surface area contributed by atoms with Crippen molar-refractivity contribution in [3.63, 3.8) is 0 Å². The Morgan fingerprint density at radius 1 is 0.967 bits per heavy atom. The van der Waals surface area contributed by atoms with E-state index in [0.29, 0.717) is 37.3 Å². The number of nitrogens with zero attached hydrogens (tertiary/aromatic N) is 3. The lowest BCUT2D eigenvalue weighted by molar-refractivity contribution is -0.0363. The monoisotopic (exact) mass is 400 g/mol. The summed E-state index contributed by atoms with van der Waals surface area (Å²) in [4.78, 5) is 35.3. The molecule has 30 heavy (non-hydrogen) atoms. The molecule has 2 amide bonds. The summed E-state index contributed by atoms with van der Waals surface area (Å²) in [5.74, 6) is 0.120. The third-order valence-corrected chi connectivity index (χ3v) is 5.74. The smallest absolute Gasteiger partial charge is 0.339 e. The van der Waals surface area contributed by atoms with E-state index < -0.39 is 5.60 Å². The molecule has 1 saturated heterocycles. The van der Waals surface area contributed by atoms with Crippen LogP contribution in [-0.4, -0.2) is 40.0 Å². The number of hydrogen-bond acceptors (Lipinski definition) is 5. The fourth-order valence-corrected chi connectivity index (χ4v) is 4.13. The second-order valence-electron chi connectivity index (χ2n) is 7.50. The third kappa shape index (κ3) is 3.18. The number of ether oxygens (including phenoxy) is 1. The predicted molar refractivity (Wildman–Crippen MR) is 111 cm³/mol. The molecule has 1 spiro atoms. The number of benzene rings is 2. The van der Waals surface area contributed by atoms with Crippen molar-refractivity contribution < 1.29 is 14.3 Å². The molecule has 2 aromatic carbocycles. The van der Waals surface area contributed by atoms with Gasteiger partial charge in [0.15, 0.2) is 5.82 Å². The molecule has 1 fully saturated rings. The van der Waals surface area contributed by atoms with Crippen molar-refractivity contribution in [3.05, 3.63) is 78.1 Å². The standard InChI is InChI=1S/C23H20N4O3/c28-21-17-8-4-5-9-18(17)23(30-21)10-12-27(13-11-23)22(29)26-20-15-24-19(14-25-20)16-6-2-1-3-7-16/h1-9,14-15H,10-13H2,(H,25,26,29). The summed E-state index contributed by atoms with van der Waals surface area (Å²) in [6.07, 6.45) is 4.34. The molecule has 5 rings (SSSR count). The average Bonchev–Trinajstić information content (AvgIpc) is 3.07. The highest BCUT2D eigenvalue weighted by atomic mass is 16.6. The summed E-state index contributed by atoms with van der Waals surface area (Å²) in [7, 11) is 0. The number of aromatic nitrogens is 2. The third-order valence-electron chi connectivity index (χ3n) is 5.74. The van der Waals surface area contributed by atoms with Crippen molar-refractivity contribution in [2.24, 2.45) is 0 Å². The number of anilines is 1. The van der Waals surface area contributed by atoms with Crippen LogP contribution in [0, 0.1) is 0 Å². The van der Waals surface area contributed by atoms with Crippen molar-refractivity contribution in [2.45, 2.75) is 18.4 Å². The van der Waals surface area contributed by atoms with Gasteiger partial charge < -0.3 is 9.64 Å². The fourth-order valence-electron chi connectivity index (χ4n) is 4.13. The van der Waals surface area contributed by atoms with Gasteiger partial charge in [-0.1, -0.05) is 48.5 Å². The van der Waals surface area contributed by atoms with Crippen LogP contribution in [-0.2, 0) is 10.3 Å². The Balaban J connectivity index is 1.23. The lowest BCUT2D eigenvalue weighted by Gasteiger charge is -2.38. The van der Waals surface area contributed by atoms with Crippen LogP contribution in [0.25, 0.3) is 11.3 Å². The van der Waals surface area contributed by atoms with E-state index in [1.807, 2.05) is 48.5 Å². The van der Waals surface area contributed by atoms with Crippen LogP contribution in [0.1, 0.15) is 28.8 Å². The van der Waals surface area contributed by atoms with Crippen LogP contribution < -0.4 is 5.32 Å². The van der Waals surface area contributed by atoms with Crippen LogP contribution in [0.15, 0.2) is 67.0 Å². The topological polar surface area (TPSA) is 84.4 Å². The minimum atomic E-state index is -0.623. The Kier molecular flexibility index (Phi) is 4.43. The number of esters is 1.